The second-order valence-electron chi connectivity index (χ2n) is 6.38. The van der Waals surface area contributed by atoms with Crippen LogP contribution >= 0.6 is 0 Å². The number of piperidine rings is 1. The number of hydrogen-bond donors (Lipinski definition) is 2. The average Bonchev–Trinajstić information content (AvgIpc) is 2.35. The number of aliphatic carboxylic acids is 1. The third kappa shape index (κ3) is 6.30. The molecular formula is C14H24N2O6. The van der Waals surface area contributed by atoms with Gasteiger partial charge in [-0.1, -0.05) is 0 Å². The maximum atomic E-state index is 11.8. The lowest BCUT2D eigenvalue weighted by atomic mass is 9.94. The van der Waals surface area contributed by atoms with Crippen molar-refractivity contribution in [3.8, 4) is 0 Å². The number of carboxylic acid groups (broad SMARTS) is 1. The third-order valence-electron chi connectivity index (χ3n) is 3.18. The number of rotatable bonds is 4. The lowest BCUT2D eigenvalue weighted by molar-refractivity contribution is -0.147. The van der Waals surface area contributed by atoms with E-state index in [1.54, 1.807) is 25.7 Å². The van der Waals surface area contributed by atoms with Gasteiger partial charge in [-0.25, -0.2) is 4.79 Å². The minimum Gasteiger partial charge on any atom is -0.481 e. The molecule has 0 aromatic heterocycles. The van der Waals surface area contributed by atoms with Gasteiger partial charge in [-0.3, -0.25) is 14.5 Å². The Morgan fingerprint density at radius 3 is 2.41 bits per heavy atom. The summed E-state index contributed by atoms with van der Waals surface area (Å²) in [4.78, 5) is 36.0. The zero-order valence-corrected chi connectivity index (χ0v) is 13.4. The van der Waals surface area contributed by atoms with Crippen LogP contribution in [0, 0.1) is 5.92 Å². The van der Waals surface area contributed by atoms with Gasteiger partial charge in [0.25, 0.3) is 0 Å². The van der Waals surface area contributed by atoms with Gasteiger partial charge in [0.2, 0.25) is 0 Å². The number of esters is 1. The number of likely N-dealkylation sites (tertiary alicyclic amines) is 1. The predicted molar refractivity (Wildman–Crippen MR) is 77.4 cm³/mol. The van der Waals surface area contributed by atoms with Crippen LogP contribution in [0.3, 0.4) is 0 Å². The van der Waals surface area contributed by atoms with Crippen LogP contribution in [-0.2, 0) is 19.1 Å². The summed E-state index contributed by atoms with van der Waals surface area (Å²) in [5.41, 5.74) is -0.628. The summed E-state index contributed by atoms with van der Waals surface area (Å²) >= 11 is 0. The number of carbonyl (C=O) groups is 3. The molecule has 1 aliphatic heterocycles. The number of carboxylic acids is 1. The molecule has 0 aromatic rings. The van der Waals surface area contributed by atoms with Crippen molar-refractivity contribution in [3.05, 3.63) is 0 Å². The molecule has 22 heavy (non-hydrogen) atoms. The quantitative estimate of drug-likeness (QED) is 0.726. The highest BCUT2D eigenvalue weighted by atomic mass is 16.6. The summed E-state index contributed by atoms with van der Waals surface area (Å²) in [6.07, 6.45) is -0.298. The van der Waals surface area contributed by atoms with E-state index in [-0.39, 0.29) is 13.1 Å². The van der Waals surface area contributed by atoms with Crippen molar-refractivity contribution in [1.29, 1.82) is 0 Å². The van der Waals surface area contributed by atoms with E-state index in [0.717, 1.165) is 0 Å². The number of nitrogens with one attached hydrogen (secondary N) is 1. The Kier molecular flexibility index (Phi) is 6.16. The van der Waals surface area contributed by atoms with Crippen LogP contribution < -0.4 is 5.32 Å². The zero-order chi connectivity index (χ0) is 16.9. The van der Waals surface area contributed by atoms with Crippen molar-refractivity contribution in [2.45, 2.75) is 38.8 Å². The van der Waals surface area contributed by atoms with E-state index in [0.29, 0.717) is 13.0 Å². The van der Waals surface area contributed by atoms with Crippen LogP contribution in [0.2, 0.25) is 0 Å². The Hall–Kier alpha value is -1.83. The van der Waals surface area contributed by atoms with Gasteiger partial charge in [-0.2, -0.15) is 0 Å². The molecule has 1 rings (SSSR count). The van der Waals surface area contributed by atoms with Gasteiger partial charge in [0.05, 0.1) is 19.6 Å². The molecule has 0 saturated carbocycles. The lowest BCUT2D eigenvalue weighted by Gasteiger charge is -2.36. The largest absolute Gasteiger partial charge is 0.481 e. The zero-order valence-electron chi connectivity index (χ0n) is 13.4. The van der Waals surface area contributed by atoms with E-state index in [1.807, 2.05) is 0 Å². The Balaban J connectivity index is 2.66. The molecule has 0 spiro atoms. The van der Waals surface area contributed by atoms with Gasteiger partial charge < -0.3 is 19.9 Å². The van der Waals surface area contributed by atoms with Crippen LogP contribution in [-0.4, -0.2) is 66.4 Å². The molecule has 8 nitrogen and oxygen atoms in total. The first-order valence-electron chi connectivity index (χ1n) is 7.12. The molecule has 1 heterocycles. The highest BCUT2D eigenvalue weighted by Gasteiger charge is 2.33. The minimum absolute atomic E-state index is 0.00716. The first-order valence-corrected chi connectivity index (χ1v) is 7.12. The third-order valence-corrected chi connectivity index (χ3v) is 3.18. The number of carbonyl (C=O) groups excluding carboxylic acids is 2. The van der Waals surface area contributed by atoms with E-state index in [4.69, 9.17) is 4.74 Å². The fourth-order valence-corrected chi connectivity index (χ4v) is 2.32. The topological polar surface area (TPSA) is 105 Å². The van der Waals surface area contributed by atoms with Gasteiger partial charge in [0.15, 0.2) is 0 Å². The van der Waals surface area contributed by atoms with Crippen LogP contribution in [0.1, 0.15) is 27.2 Å². The van der Waals surface area contributed by atoms with Crippen LogP contribution in [0.15, 0.2) is 0 Å². The second kappa shape index (κ2) is 7.44. The van der Waals surface area contributed by atoms with E-state index in [2.05, 4.69) is 10.1 Å². The van der Waals surface area contributed by atoms with Gasteiger partial charge >= 0.3 is 18.0 Å². The lowest BCUT2D eigenvalue weighted by Crippen LogP contribution is -2.54. The second-order valence-corrected chi connectivity index (χ2v) is 6.38. The molecule has 8 heteroatoms. The average molecular weight is 316 g/mol. The number of hydrogen-bond acceptors (Lipinski definition) is 6. The summed E-state index contributed by atoms with van der Waals surface area (Å²) in [6.45, 7) is 5.85. The van der Waals surface area contributed by atoms with E-state index in [1.165, 1.54) is 7.11 Å². The summed E-state index contributed by atoms with van der Waals surface area (Å²) in [5.74, 6) is -2.05. The molecule has 0 bridgehead atoms. The van der Waals surface area contributed by atoms with Crippen molar-refractivity contribution in [2.75, 3.05) is 26.7 Å². The van der Waals surface area contributed by atoms with Crippen molar-refractivity contribution < 1.29 is 29.0 Å². The molecule has 0 aromatic carbocycles. The standard InChI is InChI=1S/C14H24N2O6/c1-14(2,3)22-13(20)15-10-5-9(12(18)19)6-16(7-10)8-11(17)21-4/h9-10H,5-8H2,1-4H3,(H,15,20)(H,18,19). The first-order chi connectivity index (χ1) is 10.1. The van der Waals surface area contributed by atoms with Crippen LogP contribution in [0.4, 0.5) is 4.79 Å². The summed E-state index contributed by atoms with van der Waals surface area (Å²) in [7, 11) is 1.28. The fraction of sp³-hybridized carbons (Fsp3) is 0.786. The Morgan fingerprint density at radius 1 is 1.27 bits per heavy atom. The van der Waals surface area contributed by atoms with Crippen LogP contribution in [0.25, 0.3) is 0 Å². The van der Waals surface area contributed by atoms with Crippen molar-refractivity contribution in [3.63, 3.8) is 0 Å². The minimum atomic E-state index is -0.953. The van der Waals surface area contributed by atoms with Crippen molar-refractivity contribution in [1.82, 2.24) is 10.2 Å². The molecule has 1 aliphatic rings. The number of ether oxygens (including phenoxy) is 2. The predicted octanol–water partition coefficient (Wildman–Crippen LogP) is 0.459. The molecule has 126 valence electrons. The summed E-state index contributed by atoms with van der Waals surface area (Å²) in [6, 6.07) is -0.394. The van der Waals surface area contributed by atoms with Gasteiger partial charge in [-0.15, -0.1) is 0 Å². The van der Waals surface area contributed by atoms with Gasteiger partial charge in [0.1, 0.15) is 5.60 Å². The molecule has 1 saturated heterocycles. The van der Waals surface area contributed by atoms with Crippen molar-refractivity contribution in [2.24, 2.45) is 5.92 Å². The number of nitrogens with zero attached hydrogens (tertiary/aromatic N) is 1. The van der Waals surface area contributed by atoms with E-state index >= 15 is 0 Å². The molecule has 1 amide bonds. The molecule has 0 radical (unpaired) electrons. The van der Waals surface area contributed by atoms with Crippen LogP contribution in [0.5, 0.6) is 0 Å². The maximum absolute atomic E-state index is 11.8. The summed E-state index contributed by atoms with van der Waals surface area (Å²) < 4.78 is 9.76. The Labute approximate surface area is 129 Å². The highest BCUT2D eigenvalue weighted by Crippen LogP contribution is 2.18. The molecule has 2 unspecified atom stereocenters. The molecule has 0 aliphatic carbocycles. The molecule has 1 fully saturated rings. The Morgan fingerprint density at radius 2 is 1.91 bits per heavy atom. The smallest absolute Gasteiger partial charge is 0.407 e. The highest BCUT2D eigenvalue weighted by molar-refractivity contribution is 5.73. The van der Waals surface area contributed by atoms with Crippen molar-refractivity contribution >= 4 is 18.0 Å². The monoisotopic (exact) mass is 316 g/mol. The maximum Gasteiger partial charge on any atom is 0.407 e. The van der Waals surface area contributed by atoms with E-state index < -0.39 is 35.6 Å². The number of alkyl carbamates (subject to hydrolysis) is 1. The van der Waals surface area contributed by atoms with Gasteiger partial charge in [0, 0.05) is 19.1 Å². The number of methoxy groups -OCH3 is 1. The summed E-state index contributed by atoms with van der Waals surface area (Å²) in [5, 5.41) is 11.9. The molecule has 2 N–H and O–H groups in total. The van der Waals surface area contributed by atoms with E-state index in [9.17, 15) is 19.5 Å². The number of amides is 1. The first kappa shape index (κ1) is 18.2. The fourth-order valence-electron chi connectivity index (χ4n) is 2.32. The normalized spacial score (nSPS) is 22.7. The SMILES string of the molecule is COC(=O)CN1CC(NC(=O)OC(C)(C)C)CC(C(=O)O)C1. The molecule has 2 atom stereocenters. The van der Waals surface area contributed by atoms with Gasteiger partial charge in [-0.05, 0) is 27.2 Å². The Bertz CT molecular complexity index is 432. The molecular weight excluding hydrogens is 292 g/mol.